The number of urea groups is 1. The molecule has 3 atom stereocenters. The number of rotatable bonds is 10. The number of nitrogens with zero attached hydrogens (tertiary/aromatic N) is 1. The molecule has 2 heterocycles. The van der Waals surface area contributed by atoms with Crippen LogP contribution in [0.5, 0.6) is 0 Å². The average Bonchev–Trinajstić information content (AvgIpc) is 3.16. The number of carbonyl (C=O) groups is 2. The van der Waals surface area contributed by atoms with Gasteiger partial charge in [-0.2, -0.15) is 0 Å². The van der Waals surface area contributed by atoms with Crippen molar-refractivity contribution in [2.75, 3.05) is 33.4 Å². The Bertz CT molecular complexity index is 431. The van der Waals surface area contributed by atoms with E-state index < -0.39 is 0 Å². The molecule has 2 rings (SSSR count). The molecule has 26 heavy (non-hydrogen) atoms. The van der Waals surface area contributed by atoms with Crippen LogP contribution in [-0.2, 0) is 14.3 Å². The molecule has 2 aliphatic heterocycles. The zero-order valence-electron chi connectivity index (χ0n) is 16.3. The Labute approximate surface area is 157 Å². The normalized spacial score (nSPS) is 25.8. The zero-order chi connectivity index (χ0) is 18.8. The standard InChI is InChI=1S/C19H35N3O4/c1-3-4-5-11-22(12-7-13-25-2)19(24)20-15-9-10-17(23)21-18(15)16-8-6-14-26-16/h15-16,18H,3-14H2,1-2H3,(H,20,24)(H,21,23). The zero-order valence-corrected chi connectivity index (χ0v) is 16.3. The van der Waals surface area contributed by atoms with E-state index in [9.17, 15) is 9.59 Å². The van der Waals surface area contributed by atoms with E-state index >= 15 is 0 Å². The fourth-order valence-corrected chi connectivity index (χ4v) is 3.74. The second-order valence-corrected chi connectivity index (χ2v) is 7.28. The number of nitrogens with one attached hydrogen (secondary N) is 2. The molecule has 2 fully saturated rings. The molecule has 3 amide bonds. The number of unbranched alkanes of at least 4 members (excludes halogenated alkanes) is 2. The van der Waals surface area contributed by atoms with E-state index in [0.29, 0.717) is 26.0 Å². The summed E-state index contributed by atoms with van der Waals surface area (Å²) >= 11 is 0. The first-order valence-electron chi connectivity index (χ1n) is 10.1. The van der Waals surface area contributed by atoms with Crippen molar-refractivity contribution in [1.82, 2.24) is 15.5 Å². The smallest absolute Gasteiger partial charge is 0.317 e. The molecular formula is C19H35N3O4. The SMILES string of the molecule is CCCCCN(CCCOC)C(=O)NC1CCC(=O)NC1C1CCCO1. The predicted molar refractivity (Wildman–Crippen MR) is 100 cm³/mol. The van der Waals surface area contributed by atoms with Crippen LogP contribution in [-0.4, -0.2) is 68.4 Å². The van der Waals surface area contributed by atoms with Crippen LogP contribution in [0, 0.1) is 0 Å². The van der Waals surface area contributed by atoms with Gasteiger partial charge in [-0.1, -0.05) is 19.8 Å². The number of hydrogen-bond acceptors (Lipinski definition) is 4. The first-order chi connectivity index (χ1) is 12.7. The van der Waals surface area contributed by atoms with Gasteiger partial charge < -0.3 is 25.0 Å². The number of methoxy groups -OCH3 is 1. The molecule has 0 saturated carbocycles. The van der Waals surface area contributed by atoms with E-state index in [0.717, 1.165) is 51.7 Å². The summed E-state index contributed by atoms with van der Waals surface area (Å²) in [5.41, 5.74) is 0. The van der Waals surface area contributed by atoms with Gasteiger partial charge in [0.15, 0.2) is 0 Å². The van der Waals surface area contributed by atoms with Crippen LogP contribution >= 0.6 is 0 Å². The van der Waals surface area contributed by atoms with Gasteiger partial charge in [0, 0.05) is 39.8 Å². The highest BCUT2D eigenvalue weighted by Gasteiger charge is 2.38. The molecule has 7 heteroatoms. The van der Waals surface area contributed by atoms with Crippen molar-refractivity contribution in [2.24, 2.45) is 0 Å². The average molecular weight is 370 g/mol. The molecule has 2 N–H and O–H groups in total. The minimum atomic E-state index is -0.126. The molecule has 0 spiro atoms. The Hall–Kier alpha value is -1.34. The van der Waals surface area contributed by atoms with E-state index in [1.165, 1.54) is 0 Å². The van der Waals surface area contributed by atoms with Crippen LogP contribution in [0.1, 0.15) is 58.3 Å². The molecule has 150 valence electrons. The molecule has 0 bridgehead atoms. The summed E-state index contributed by atoms with van der Waals surface area (Å²) in [4.78, 5) is 26.6. The number of amides is 3. The molecule has 0 aromatic carbocycles. The molecule has 2 aliphatic rings. The van der Waals surface area contributed by atoms with Gasteiger partial charge in [0.1, 0.15) is 0 Å². The molecule has 7 nitrogen and oxygen atoms in total. The van der Waals surface area contributed by atoms with Gasteiger partial charge in [0.25, 0.3) is 0 Å². The Balaban J connectivity index is 1.93. The number of piperidine rings is 1. The molecule has 3 unspecified atom stereocenters. The fourth-order valence-electron chi connectivity index (χ4n) is 3.74. The monoisotopic (exact) mass is 369 g/mol. The van der Waals surface area contributed by atoms with Crippen LogP contribution in [0.4, 0.5) is 4.79 Å². The molecule has 0 radical (unpaired) electrons. The second kappa shape index (κ2) is 11.4. The topological polar surface area (TPSA) is 79.9 Å². The minimum Gasteiger partial charge on any atom is -0.385 e. The highest BCUT2D eigenvalue weighted by atomic mass is 16.5. The van der Waals surface area contributed by atoms with Gasteiger partial charge in [-0.25, -0.2) is 4.79 Å². The van der Waals surface area contributed by atoms with Crippen LogP contribution in [0.25, 0.3) is 0 Å². The van der Waals surface area contributed by atoms with Crippen molar-refractivity contribution in [3.63, 3.8) is 0 Å². The highest BCUT2D eigenvalue weighted by molar-refractivity contribution is 5.79. The lowest BCUT2D eigenvalue weighted by molar-refractivity contribution is -0.125. The van der Waals surface area contributed by atoms with Gasteiger partial charge in [-0.15, -0.1) is 0 Å². The summed E-state index contributed by atoms with van der Waals surface area (Å²) in [6, 6.07) is -0.236. The quantitative estimate of drug-likeness (QED) is 0.578. The van der Waals surface area contributed by atoms with E-state index in [1.807, 2.05) is 4.90 Å². The Morgan fingerprint density at radius 3 is 2.81 bits per heavy atom. The van der Waals surface area contributed by atoms with Crippen molar-refractivity contribution in [1.29, 1.82) is 0 Å². The van der Waals surface area contributed by atoms with E-state index in [-0.39, 0.29) is 30.1 Å². The second-order valence-electron chi connectivity index (χ2n) is 7.28. The number of carbonyl (C=O) groups excluding carboxylic acids is 2. The van der Waals surface area contributed by atoms with E-state index in [1.54, 1.807) is 7.11 Å². The van der Waals surface area contributed by atoms with Crippen LogP contribution in [0.15, 0.2) is 0 Å². The highest BCUT2D eigenvalue weighted by Crippen LogP contribution is 2.22. The molecular weight excluding hydrogens is 334 g/mol. The van der Waals surface area contributed by atoms with Crippen LogP contribution in [0.2, 0.25) is 0 Å². The Morgan fingerprint density at radius 1 is 1.31 bits per heavy atom. The number of hydrogen-bond donors (Lipinski definition) is 2. The molecule has 0 aliphatic carbocycles. The van der Waals surface area contributed by atoms with Crippen molar-refractivity contribution < 1.29 is 19.1 Å². The van der Waals surface area contributed by atoms with Gasteiger partial charge in [-0.3, -0.25) is 4.79 Å². The Kier molecular flexibility index (Phi) is 9.18. The van der Waals surface area contributed by atoms with Crippen molar-refractivity contribution in [2.45, 2.75) is 76.5 Å². The predicted octanol–water partition coefficient (Wildman–Crippen LogP) is 2.05. The maximum Gasteiger partial charge on any atom is 0.317 e. The summed E-state index contributed by atoms with van der Waals surface area (Å²) in [5.74, 6) is 0.0518. The third-order valence-electron chi connectivity index (χ3n) is 5.21. The molecule has 2 saturated heterocycles. The number of ether oxygens (including phenoxy) is 2. The van der Waals surface area contributed by atoms with Crippen molar-refractivity contribution in [3.05, 3.63) is 0 Å². The van der Waals surface area contributed by atoms with Gasteiger partial charge in [0.2, 0.25) is 5.91 Å². The first-order valence-corrected chi connectivity index (χ1v) is 10.1. The lowest BCUT2D eigenvalue weighted by atomic mass is 9.92. The van der Waals surface area contributed by atoms with Crippen molar-refractivity contribution >= 4 is 11.9 Å². The maximum atomic E-state index is 12.9. The lowest BCUT2D eigenvalue weighted by Crippen LogP contribution is -2.61. The van der Waals surface area contributed by atoms with Gasteiger partial charge in [0.05, 0.1) is 18.2 Å². The summed E-state index contributed by atoms with van der Waals surface area (Å²) in [5, 5.41) is 6.21. The fraction of sp³-hybridized carbons (Fsp3) is 0.895. The lowest BCUT2D eigenvalue weighted by Gasteiger charge is -2.37. The maximum absolute atomic E-state index is 12.9. The molecule has 0 aromatic heterocycles. The molecule has 0 aromatic rings. The minimum absolute atomic E-state index is 0.00610. The van der Waals surface area contributed by atoms with Gasteiger partial charge >= 0.3 is 6.03 Å². The third kappa shape index (κ3) is 6.43. The van der Waals surface area contributed by atoms with E-state index in [4.69, 9.17) is 9.47 Å². The summed E-state index contributed by atoms with van der Waals surface area (Å²) < 4.78 is 10.9. The van der Waals surface area contributed by atoms with E-state index in [2.05, 4.69) is 17.6 Å². The Morgan fingerprint density at radius 2 is 2.12 bits per heavy atom. The van der Waals surface area contributed by atoms with Crippen LogP contribution in [0.3, 0.4) is 0 Å². The van der Waals surface area contributed by atoms with Crippen molar-refractivity contribution in [3.8, 4) is 0 Å². The first kappa shape index (κ1) is 21.0. The summed E-state index contributed by atoms with van der Waals surface area (Å²) in [6.07, 6.45) is 7.15. The summed E-state index contributed by atoms with van der Waals surface area (Å²) in [7, 11) is 1.68. The van der Waals surface area contributed by atoms with Gasteiger partial charge in [-0.05, 0) is 32.1 Å². The largest absolute Gasteiger partial charge is 0.385 e. The summed E-state index contributed by atoms with van der Waals surface area (Å²) in [6.45, 7) is 4.99. The third-order valence-corrected chi connectivity index (χ3v) is 5.21. The van der Waals surface area contributed by atoms with Crippen LogP contribution < -0.4 is 10.6 Å².